The lowest BCUT2D eigenvalue weighted by atomic mass is 10.1. The molecule has 1 unspecified atom stereocenters. The first kappa shape index (κ1) is 26.5. The number of aryl methyl sites for hydroxylation is 2. The van der Waals surface area contributed by atoms with Gasteiger partial charge in [0.25, 0.3) is 5.56 Å². The van der Waals surface area contributed by atoms with E-state index in [1.54, 1.807) is 29.6 Å². The third-order valence-corrected chi connectivity index (χ3v) is 8.12. The number of alkyl halides is 1. The van der Waals surface area contributed by atoms with Gasteiger partial charge in [-0.25, -0.2) is 13.0 Å². The summed E-state index contributed by atoms with van der Waals surface area (Å²) in [6.07, 6.45) is 2.19. The van der Waals surface area contributed by atoms with Crippen LogP contribution in [0.25, 0.3) is 16.9 Å². The van der Waals surface area contributed by atoms with Gasteiger partial charge in [0.1, 0.15) is 22.3 Å². The van der Waals surface area contributed by atoms with Crippen molar-refractivity contribution in [2.75, 3.05) is 45.2 Å². The van der Waals surface area contributed by atoms with Crippen molar-refractivity contribution >= 4 is 34.4 Å². The van der Waals surface area contributed by atoms with Gasteiger partial charge in [-0.05, 0) is 44.0 Å². The highest BCUT2D eigenvalue weighted by molar-refractivity contribution is 7.82. The zero-order chi connectivity index (χ0) is 25.8. The molecule has 36 heavy (non-hydrogen) atoms. The van der Waals surface area contributed by atoms with Crippen LogP contribution in [0.5, 0.6) is 5.75 Å². The van der Waals surface area contributed by atoms with Crippen molar-refractivity contribution < 1.29 is 13.7 Å². The molecule has 3 heterocycles. The Morgan fingerprint density at radius 1 is 1.22 bits per heavy atom. The number of aromatic amines is 1. The van der Waals surface area contributed by atoms with E-state index in [0.717, 1.165) is 32.3 Å². The molecular weight excluding hydrogens is 502 g/mol. The maximum Gasteiger partial charge on any atom is 0.275 e. The lowest BCUT2D eigenvalue weighted by molar-refractivity contribution is 0.112. The lowest BCUT2D eigenvalue weighted by Crippen LogP contribution is -2.47. The molecule has 3 aromatic rings. The molecule has 1 saturated heterocycles. The summed E-state index contributed by atoms with van der Waals surface area (Å²) in [5.41, 5.74) is 2.38. The minimum Gasteiger partial charge on any atom is -0.493 e. The number of aldehydes is 1. The third-order valence-electron chi connectivity index (χ3n) is 6.46. The highest BCUT2D eigenvalue weighted by Gasteiger charge is 2.24. The molecule has 194 valence electrons. The molecule has 1 fully saturated rings. The molecule has 1 N–H and O–H groups in total. The molecule has 1 atom stereocenters. The molecule has 1 aliphatic rings. The summed E-state index contributed by atoms with van der Waals surface area (Å²) in [6.45, 7) is 9.84. The Kier molecular flexibility index (Phi) is 8.61. The van der Waals surface area contributed by atoms with Gasteiger partial charge in [-0.2, -0.15) is 0 Å². The van der Waals surface area contributed by atoms with Crippen LogP contribution in [0, 0.1) is 6.92 Å². The number of piperazine rings is 1. The van der Waals surface area contributed by atoms with Crippen LogP contribution in [0.3, 0.4) is 0 Å². The largest absolute Gasteiger partial charge is 0.493 e. The maximum atomic E-state index is 13.4. The van der Waals surface area contributed by atoms with Gasteiger partial charge in [0.15, 0.2) is 12.1 Å². The zero-order valence-corrected chi connectivity index (χ0v) is 22.5. The van der Waals surface area contributed by atoms with E-state index in [0.29, 0.717) is 76.4 Å². The summed E-state index contributed by atoms with van der Waals surface area (Å²) in [5.74, 6) is 1.41. The molecule has 0 spiro atoms. The monoisotopic (exact) mass is 533 g/mol. The van der Waals surface area contributed by atoms with Gasteiger partial charge in [0, 0.05) is 44.2 Å². The number of rotatable bonds is 10. The Morgan fingerprint density at radius 3 is 2.61 bits per heavy atom. The smallest absolute Gasteiger partial charge is 0.275 e. The van der Waals surface area contributed by atoms with Crippen LogP contribution < -0.4 is 10.3 Å². The van der Waals surface area contributed by atoms with Crippen LogP contribution in [-0.2, 0) is 17.4 Å². The quantitative estimate of drug-likeness (QED) is 0.317. The van der Waals surface area contributed by atoms with Gasteiger partial charge >= 0.3 is 0 Å². The Bertz CT molecular complexity index is 1330. The van der Waals surface area contributed by atoms with Crippen LogP contribution >= 0.6 is 11.6 Å². The predicted octanol–water partition coefficient (Wildman–Crippen LogP) is 3.04. The van der Waals surface area contributed by atoms with Crippen molar-refractivity contribution in [1.29, 1.82) is 0 Å². The fourth-order valence-corrected chi connectivity index (χ4v) is 6.08. The Hall–Kier alpha value is -2.53. The maximum absolute atomic E-state index is 13.4. The van der Waals surface area contributed by atoms with E-state index >= 15 is 0 Å². The highest BCUT2D eigenvalue weighted by atomic mass is 35.5. The number of benzene rings is 1. The van der Waals surface area contributed by atoms with E-state index in [4.69, 9.17) is 21.4 Å². The fraction of sp³-hybridized carbons (Fsp3) is 0.480. The minimum absolute atomic E-state index is 0.298. The summed E-state index contributed by atoms with van der Waals surface area (Å²) in [4.78, 5) is 30.7. The number of carbonyl (C=O) groups is 1. The number of hydrogen-bond donors (Lipinski definition) is 1. The summed E-state index contributed by atoms with van der Waals surface area (Å²) < 4.78 is 22.8. The van der Waals surface area contributed by atoms with E-state index in [1.807, 2.05) is 18.2 Å². The topological polar surface area (TPSA) is 100 Å². The highest BCUT2D eigenvalue weighted by Crippen LogP contribution is 2.31. The van der Waals surface area contributed by atoms with Gasteiger partial charge < -0.3 is 9.72 Å². The van der Waals surface area contributed by atoms with E-state index < -0.39 is 11.0 Å². The molecular formula is C25H32ClN5O4S. The third kappa shape index (κ3) is 5.13. The SMILES string of the molecule is CCCc1c(C=O)c(C)c2c(=O)[nH]c(-c3cc(S(=O)N4CCN(CCCl)CC4)ccc3OCC)nn12. The molecule has 0 radical (unpaired) electrons. The molecule has 9 nitrogen and oxygen atoms in total. The number of hydrogen-bond acceptors (Lipinski definition) is 6. The number of H-pyrrole nitrogens is 1. The predicted molar refractivity (Wildman–Crippen MR) is 142 cm³/mol. The molecule has 11 heteroatoms. The van der Waals surface area contributed by atoms with Crippen molar-refractivity contribution in [2.24, 2.45) is 0 Å². The van der Waals surface area contributed by atoms with Gasteiger partial charge in [0.2, 0.25) is 0 Å². The van der Waals surface area contributed by atoms with Crippen LogP contribution in [0.1, 0.15) is 41.9 Å². The summed E-state index contributed by atoms with van der Waals surface area (Å²) in [6, 6.07) is 5.33. The molecule has 0 bridgehead atoms. The van der Waals surface area contributed by atoms with E-state index in [1.165, 1.54) is 0 Å². The molecule has 1 aliphatic heterocycles. The minimum atomic E-state index is -1.38. The normalized spacial score (nSPS) is 15.9. The molecule has 0 aliphatic carbocycles. The van der Waals surface area contributed by atoms with Crippen molar-refractivity contribution in [3.8, 4) is 17.1 Å². The molecule has 2 aromatic heterocycles. The number of fused-ring (bicyclic) bond motifs is 1. The first-order valence-electron chi connectivity index (χ1n) is 12.2. The molecule has 0 saturated carbocycles. The number of nitrogens with zero attached hydrogens (tertiary/aromatic N) is 4. The second-order valence-electron chi connectivity index (χ2n) is 8.72. The molecule has 4 rings (SSSR count). The average Bonchev–Trinajstić information content (AvgIpc) is 3.15. The Labute approximate surface area is 218 Å². The number of ether oxygens (including phenoxy) is 1. The van der Waals surface area contributed by atoms with Crippen LogP contribution in [0.15, 0.2) is 27.9 Å². The van der Waals surface area contributed by atoms with Crippen molar-refractivity contribution in [2.45, 2.75) is 38.5 Å². The first-order chi connectivity index (χ1) is 17.4. The number of nitrogens with one attached hydrogen (secondary N) is 1. The number of carbonyl (C=O) groups excluding carboxylic acids is 1. The summed E-state index contributed by atoms with van der Waals surface area (Å²) >= 11 is 5.86. The van der Waals surface area contributed by atoms with Crippen molar-refractivity contribution in [3.63, 3.8) is 0 Å². The second-order valence-corrected chi connectivity index (χ2v) is 10.6. The zero-order valence-electron chi connectivity index (χ0n) is 20.9. The average molecular weight is 534 g/mol. The van der Waals surface area contributed by atoms with Gasteiger partial charge in [-0.1, -0.05) is 13.3 Å². The standard InChI is InChI=1S/C25H32ClN5O4S/c1-4-6-21-20(16-32)17(3)23-25(33)27-24(28-31(21)23)19-15-18(7-8-22(19)35-5-2)36(34)30-13-11-29(10-9-26)12-14-30/h7-8,15-16H,4-6,9-14H2,1-3H3,(H,27,28,33). The molecule has 1 aromatic carbocycles. The van der Waals surface area contributed by atoms with Gasteiger partial charge in [-0.15, -0.1) is 16.7 Å². The molecule has 0 amide bonds. The summed E-state index contributed by atoms with van der Waals surface area (Å²) in [5, 5.41) is 4.73. The summed E-state index contributed by atoms with van der Waals surface area (Å²) in [7, 11) is -1.38. The number of aromatic nitrogens is 3. The first-order valence-corrected chi connectivity index (χ1v) is 13.9. The number of halogens is 1. The Morgan fingerprint density at radius 2 is 1.97 bits per heavy atom. The van der Waals surface area contributed by atoms with Crippen molar-refractivity contribution in [1.82, 2.24) is 23.8 Å². The fourth-order valence-electron chi connectivity index (χ4n) is 4.65. The van der Waals surface area contributed by atoms with Crippen LogP contribution in [-0.4, -0.2) is 79.5 Å². The van der Waals surface area contributed by atoms with E-state index in [-0.39, 0.29) is 5.56 Å². The van der Waals surface area contributed by atoms with Crippen molar-refractivity contribution in [3.05, 3.63) is 45.4 Å². The second kappa shape index (κ2) is 11.7. The van der Waals surface area contributed by atoms with E-state index in [9.17, 15) is 13.8 Å². The van der Waals surface area contributed by atoms with Gasteiger partial charge in [-0.3, -0.25) is 14.5 Å². The van der Waals surface area contributed by atoms with Crippen LogP contribution in [0.2, 0.25) is 0 Å². The lowest BCUT2D eigenvalue weighted by Gasteiger charge is -2.33. The van der Waals surface area contributed by atoms with E-state index in [2.05, 4.69) is 9.88 Å². The van der Waals surface area contributed by atoms with Gasteiger partial charge in [0.05, 0.1) is 22.8 Å². The van der Waals surface area contributed by atoms with Crippen LogP contribution in [0.4, 0.5) is 0 Å². The Balaban J connectivity index is 1.77.